The Morgan fingerprint density at radius 3 is 2.65 bits per heavy atom. The molecule has 1 saturated heterocycles. The quantitative estimate of drug-likeness (QED) is 0.741. The van der Waals surface area contributed by atoms with Gasteiger partial charge in [-0.1, -0.05) is 53.2 Å². The van der Waals surface area contributed by atoms with Crippen LogP contribution in [0, 0.1) is 0 Å². The normalized spacial score (nSPS) is 17.7. The first-order valence-electron chi connectivity index (χ1n) is 8.47. The van der Waals surface area contributed by atoms with Gasteiger partial charge in [0, 0.05) is 37.2 Å². The maximum absolute atomic E-state index is 6.42. The van der Waals surface area contributed by atoms with E-state index in [4.69, 9.17) is 11.6 Å². The Labute approximate surface area is 164 Å². The summed E-state index contributed by atoms with van der Waals surface area (Å²) in [5, 5.41) is 12.9. The van der Waals surface area contributed by atoms with Gasteiger partial charge in [-0.25, -0.2) is 4.68 Å². The van der Waals surface area contributed by atoms with Crippen molar-refractivity contribution in [2.45, 2.75) is 12.6 Å². The SMILES string of the molecule is Cl.Clc1ccccc1C1CNCCN1Cc1cn(-c2ccccc2)nn1. The summed E-state index contributed by atoms with van der Waals surface area (Å²) in [6, 6.07) is 18.4. The topological polar surface area (TPSA) is 46.0 Å². The monoisotopic (exact) mass is 389 g/mol. The largest absolute Gasteiger partial charge is 0.314 e. The van der Waals surface area contributed by atoms with Gasteiger partial charge in [-0.05, 0) is 23.8 Å². The summed E-state index contributed by atoms with van der Waals surface area (Å²) in [5.41, 5.74) is 3.14. The molecule has 0 saturated carbocycles. The Morgan fingerprint density at radius 1 is 1.08 bits per heavy atom. The van der Waals surface area contributed by atoms with E-state index in [9.17, 15) is 0 Å². The number of piperazine rings is 1. The molecule has 0 bridgehead atoms. The number of nitrogens with one attached hydrogen (secondary N) is 1. The van der Waals surface area contributed by atoms with Gasteiger partial charge in [-0.3, -0.25) is 4.90 Å². The molecule has 136 valence electrons. The van der Waals surface area contributed by atoms with E-state index in [1.54, 1.807) is 0 Å². The number of aromatic nitrogens is 3. The Kier molecular flexibility index (Phi) is 6.27. The smallest absolute Gasteiger partial charge is 0.0972 e. The fourth-order valence-electron chi connectivity index (χ4n) is 3.27. The van der Waals surface area contributed by atoms with Crippen LogP contribution < -0.4 is 5.32 Å². The molecule has 2 heterocycles. The zero-order valence-electron chi connectivity index (χ0n) is 14.3. The van der Waals surface area contributed by atoms with E-state index >= 15 is 0 Å². The number of nitrogens with zero attached hydrogens (tertiary/aromatic N) is 4. The van der Waals surface area contributed by atoms with Gasteiger partial charge in [0.1, 0.15) is 0 Å². The highest BCUT2D eigenvalue weighted by atomic mass is 35.5. The van der Waals surface area contributed by atoms with Crippen molar-refractivity contribution in [3.05, 3.63) is 77.1 Å². The second kappa shape index (κ2) is 8.64. The lowest BCUT2D eigenvalue weighted by Crippen LogP contribution is -2.45. The van der Waals surface area contributed by atoms with Crippen molar-refractivity contribution < 1.29 is 0 Å². The first-order valence-corrected chi connectivity index (χ1v) is 8.85. The molecule has 1 atom stereocenters. The van der Waals surface area contributed by atoms with Crippen LogP contribution in [0.25, 0.3) is 5.69 Å². The molecule has 2 aromatic carbocycles. The Morgan fingerprint density at radius 2 is 1.85 bits per heavy atom. The van der Waals surface area contributed by atoms with Crippen LogP contribution in [-0.2, 0) is 6.54 Å². The highest BCUT2D eigenvalue weighted by Crippen LogP contribution is 2.29. The molecule has 1 aliphatic heterocycles. The molecule has 1 aromatic heterocycles. The molecule has 1 aliphatic rings. The van der Waals surface area contributed by atoms with Crippen molar-refractivity contribution in [2.24, 2.45) is 0 Å². The van der Waals surface area contributed by atoms with Crippen molar-refractivity contribution in [3.63, 3.8) is 0 Å². The Balaban J connectivity index is 0.00000196. The van der Waals surface area contributed by atoms with E-state index in [2.05, 4.69) is 26.6 Å². The van der Waals surface area contributed by atoms with Crippen LogP contribution in [0.5, 0.6) is 0 Å². The fourth-order valence-corrected chi connectivity index (χ4v) is 3.54. The third kappa shape index (κ3) is 4.07. The zero-order chi connectivity index (χ0) is 17.1. The van der Waals surface area contributed by atoms with Crippen LogP contribution >= 0.6 is 24.0 Å². The molecule has 0 radical (unpaired) electrons. The van der Waals surface area contributed by atoms with Crippen LogP contribution in [0.3, 0.4) is 0 Å². The summed E-state index contributed by atoms with van der Waals surface area (Å²) < 4.78 is 1.82. The van der Waals surface area contributed by atoms with Crippen molar-refractivity contribution >= 4 is 24.0 Å². The second-order valence-corrected chi connectivity index (χ2v) is 6.61. The lowest BCUT2D eigenvalue weighted by molar-refractivity contribution is 0.152. The van der Waals surface area contributed by atoms with Crippen molar-refractivity contribution in [1.82, 2.24) is 25.2 Å². The van der Waals surface area contributed by atoms with E-state index in [1.807, 2.05) is 59.4 Å². The minimum Gasteiger partial charge on any atom is -0.314 e. The molecular formula is C19H21Cl2N5. The maximum Gasteiger partial charge on any atom is 0.0972 e. The summed E-state index contributed by atoms with van der Waals surface area (Å²) in [6.45, 7) is 3.56. The first kappa shape index (κ1) is 18.9. The summed E-state index contributed by atoms with van der Waals surface area (Å²) in [6.07, 6.45) is 2.00. The van der Waals surface area contributed by atoms with Crippen molar-refractivity contribution in [3.8, 4) is 5.69 Å². The van der Waals surface area contributed by atoms with Gasteiger partial charge in [-0.2, -0.15) is 0 Å². The predicted molar refractivity (Wildman–Crippen MR) is 106 cm³/mol. The van der Waals surface area contributed by atoms with Gasteiger partial charge < -0.3 is 5.32 Å². The van der Waals surface area contributed by atoms with E-state index in [-0.39, 0.29) is 18.4 Å². The highest BCUT2D eigenvalue weighted by Gasteiger charge is 2.26. The van der Waals surface area contributed by atoms with Crippen LogP contribution in [0.2, 0.25) is 5.02 Å². The molecule has 7 heteroatoms. The van der Waals surface area contributed by atoms with E-state index < -0.39 is 0 Å². The number of hydrogen-bond acceptors (Lipinski definition) is 4. The highest BCUT2D eigenvalue weighted by molar-refractivity contribution is 6.31. The molecular weight excluding hydrogens is 369 g/mol. The van der Waals surface area contributed by atoms with E-state index in [1.165, 1.54) is 0 Å². The molecule has 3 aromatic rings. The molecule has 0 amide bonds. The van der Waals surface area contributed by atoms with Gasteiger partial charge in [0.05, 0.1) is 17.6 Å². The van der Waals surface area contributed by atoms with E-state index in [0.717, 1.165) is 48.1 Å². The number of benzene rings is 2. The second-order valence-electron chi connectivity index (χ2n) is 6.20. The average molecular weight is 390 g/mol. The Hall–Kier alpha value is -1.92. The first-order chi connectivity index (χ1) is 12.3. The molecule has 0 spiro atoms. The van der Waals surface area contributed by atoms with Gasteiger partial charge in [-0.15, -0.1) is 17.5 Å². The molecule has 26 heavy (non-hydrogen) atoms. The fraction of sp³-hybridized carbons (Fsp3) is 0.263. The summed E-state index contributed by atoms with van der Waals surface area (Å²) in [7, 11) is 0. The summed E-state index contributed by atoms with van der Waals surface area (Å²) in [4.78, 5) is 2.41. The van der Waals surface area contributed by atoms with E-state index in [0.29, 0.717) is 0 Å². The van der Waals surface area contributed by atoms with Gasteiger partial charge >= 0.3 is 0 Å². The molecule has 4 rings (SSSR count). The van der Waals surface area contributed by atoms with Crippen molar-refractivity contribution in [2.75, 3.05) is 19.6 Å². The van der Waals surface area contributed by atoms with Crippen LogP contribution in [0.1, 0.15) is 17.3 Å². The summed E-state index contributed by atoms with van der Waals surface area (Å²) >= 11 is 6.42. The number of hydrogen-bond donors (Lipinski definition) is 1. The van der Waals surface area contributed by atoms with Crippen LogP contribution in [0.15, 0.2) is 60.8 Å². The average Bonchev–Trinajstić information content (AvgIpc) is 3.12. The molecule has 0 aliphatic carbocycles. The summed E-state index contributed by atoms with van der Waals surface area (Å²) in [5.74, 6) is 0. The molecule has 5 nitrogen and oxygen atoms in total. The van der Waals surface area contributed by atoms with Crippen LogP contribution in [-0.4, -0.2) is 39.5 Å². The van der Waals surface area contributed by atoms with Gasteiger partial charge in [0.2, 0.25) is 0 Å². The minimum atomic E-state index is 0. The third-order valence-electron chi connectivity index (χ3n) is 4.55. The number of para-hydroxylation sites is 1. The van der Waals surface area contributed by atoms with Crippen LogP contribution in [0.4, 0.5) is 0 Å². The van der Waals surface area contributed by atoms with Gasteiger partial charge in [0.15, 0.2) is 0 Å². The lowest BCUT2D eigenvalue weighted by atomic mass is 10.0. The Bertz CT molecular complexity index is 837. The number of halogens is 2. The zero-order valence-corrected chi connectivity index (χ0v) is 15.8. The third-order valence-corrected chi connectivity index (χ3v) is 4.89. The molecule has 1 unspecified atom stereocenters. The van der Waals surface area contributed by atoms with Gasteiger partial charge in [0.25, 0.3) is 0 Å². The lowest BCUT2D eigenvalue weighted by Gasteiger charge is -2.36. The van der Waals surface area contributed by atoms with Crippen molar-refractivity contribution in [1.29, 1.82) is 0 Å². The predicted octanol–water partition coefficient (Wildman–Crippen LogP) is 3.49. The standard InChI is InChI=1S/C19H20ClN5.ClH/c20-18-9-5-4-8-17(18)19-12-21-10-11-24(19)13-15-14-25(23-22-15)16-6-2-1-3-7-16;/h1-9,14,19,21H,10-13H2;1H. The molecule has 1 fully saturated rings. The minimum absolute atomic E-state index is 0. The number of rotatable bonds is 4. The maximum atomic E-state index is 6.42. The molecule has 1 N–H and O–H groups in total.